The topological polar surface area (TPSA) is 70.9 Å². The van der Waals surface area contributed by atoms with E-state index in [-0.39, 0.29) is 11.9 Å². The van der Waals surface area contributed by atoms with Crippen LogP contribution in [0.2, 0.25) is 5.15 Å². The summed E-state index contributed by atoms with van der Waals surface area (Å²) in [6, 6.07) is 0.211. The first-order chi connectivity index (χ1) is 7.82. The lowest BCUT2D eigenvalue weighted by atomic mass is 10.1. The van der Waals surface area contributed by atoms with Gasteiger partial charge in [-0.15, -0.1) is 0 Å². The minimum atomic E-state index is 0.207. The van der Waals surface area contributed by atoms with Crippen molar-refractivity contribution in [2.45, 2.75) is 32.9 Å². The quantitative estimate of drug-likeness (QED) is 0.621. The third-order valence-electron chi connectivity index (χ3n) is 2.95. The number of nitrogens with two attached hydrogens (primary N) is 1. The second kappa shape index (κ2) is 5.51. The molecular formula is C11H20ClN5. The first-order valence-corrected chi connectivity index (χ1v) is 5.91. The highest BCUT2D eigenvalue weighted by Crippen LogP contribution is 2.21. The highest BCUT2D eigenvalue weighted by Gasteiger charge is 2.16. The molecule has 0 aromatic carbocycles. The van der Waals surface area contributed by atoms with E-state index >= 15 is 0 Å². The minimum absolute atomic E-state index is 0.207. The SMILES string of the molecule is Cc1nn(C)c(Cl)c1CN(C)C(C)CC(=N)N. The zero-order valence-electron chi connectivity index (χ0n) is 10.8. The van der Waals surface area contributed by atoms with E-state index in [0.29, 0.717) is 18.1 Å². The van der Waals surface area contributed by atoms with Crippen LogP contribution in [0.25, 0.3) is 0 Å². The average Bonchev–Trinajstić information content (AvgIpc) is 2.44. The lowest BCUT2D eigenvalue weighted by molar-refractivity contribution is 0.254. The molecular weight excluding hydrogens is 238 g/mol. The normalized spacial score (nSPS) is 13.1. The Balaban J connectivity index is 2.73. The molecule has 0 aliphatic heterocycles. The smallest absolute Gasteiger partial charge is 0.131 e. The molecule has 1 atom stereocenters. The van der Waals surface area contributed by atoms with Crippen molar-refractivity contribution in [1.82, 2.24) is 14.7 Å². The number of rotatable bonds is 5. The van der Waals surface area contributed by atoms with Crippen LogP contribution in [0.3, 0.4) is 0 Å². The molecule has 5 nitrogen and oxygen atoms in total. The second-order valence-corrected chi connectivity index (χ2v) is 4.83. The fourth-order valence-corrected chi connectivity index (χ4v) is 1.97. The number of amidine groups is 1. The maximum atomic E-state index is 7.29. The summed E-state index contributed by atoms with van der Waals surface area (Å²) in [4.78, 5) is 2.12. The number of hydrogen-bond acceptors (Lipinski definition) is 3. The number of hydrogen-bond donors (Lipinski definition) is 2. The van der Waals surface area contributed by atoms with Crippen LogP contribution in [0.15, 0.2) is 0 Å². The van der Waals surface area contributed by atoms with Crippen molar-refractivity contribution >= 4 is 17.4 Å². The Labute approximate surface area is 107 Å². The Hall–Kier alpha value is -1.07. The molecule has 1 aromatic rings. The van der Waals surface area contributed by atoms with Gasteiger partial charge in [0, 0.05) is 31.6 Å². The lowest BCUT2D eigenvalue weighted by Crippen LogP contribution is -2.32. The van der Waals surface area contributed by atoms with Crippen LogP contribution in [-0.4, -0.2) is 33.6 Å². The molecule has 3 N–H and O–H groups in total. The van der Waals surface area contributed by atoms with Crippen LogP contribution < -0.4 is 5.73 Å². The van der Waals surface area contributed by atoms with Gasteiger partial charge in [0.2, 0.25) is 0 Å². The number of aromatic nitrogens is 2. The summed E-state index contributed by atoms with van der Waals surface area (Å²) in [6.45, 7) is 4.71. The maximum Gasteiger partial charge on any atom is 0.131 e. The summed E-state index contributed by atoms with van der Waals surface area (Å²) in [5, 5.41) is 12.2. The van der Waals surface area contributed by atoms with Crippen molar-refractivity contribution in [1.29, 1.82) is 5.41 Å². The number of aryl methyl sites for hydroxylation is 2. The molecule has 0 spiro atoms. The molecule has 6 heteroatoms. The Morgan fingerprint density at radius 1 is 1.65 bits per heavy atom. The Morgan fingerprint density at radius 2 is 2.24 bits per heavy atom. The molecule has 0 aliphatic carbocycles. The third-order valence-corrected chi connectivity index (χ3v) is 3.42. The molecule has 0 fully saturated rings. The summed E-state index contributed by atoms with van der Waals surface area (Å²) >= 11 is 6.18. The van der Waals surface area contributed by atoms with Crippen molar-refractivity contribution < 1.29 is 0 Å². The summed E-state index contributed by atoms with van der Waals surface area (Å²) in [5.41, 5.74) is 7.38. The fraction of sp³-hybridized carbons (Fsp3) is 0.636. The van der Waals surface area contributed by atoms with Gasteiger partial charge in [-0.2, -0.15) is 5.10 Å². The first-order valence-electron chi connectivity index (χ1n) is 5.54. The zero-order valence-corrected chi connectivity index (χ0v) is 11.5. The van der Waals surface area contributed by atoms with E-state index in [1.54, 1.807) is 4.68 Å². The molecule has 0 bridgehead atoms. The van der Waals surface area contributed by atoms with E-state index in [1.165, 1.54) is 0 Å². The van der Waals surface area contributed by atoms with Crippen LogP contribution in [0, 0.1) is 12.3 Å². The fourth-order valence-electron chi connectivity index (χ4n) is 1.73. The van der Waals surface area contributed by atoms with Gasteiger partial charge in [-0.3, -0.25) is 15.0 Å². The van der Waals surface area contributed by atoms with Crippen LogP contribution in [-0.2, 0) is 13.6 Å². The van der Waals surface area contributed by atoms with E-state index in [1.807, 2.05) is 27.9 Å². The highest BCUT2D eigenvalue weighted by molar-refractivity contribution is 6.30. The summed E-state index contributed by atoms with van der Waals surface area (Å²) in [5.74, 6) is 0.207. The molecule has 17 heavy (non-hydrogen) atoms. The van der Waals surface area contributed by atoms with Gasteiger partial charge in [-0.25, -0.2) is 0 Å². The van der Waals surface area contributed by atoms with E-state index in [0.717, 1.165) is 11.3 Å². The largest absolute Gasteiger partial charge is 0.388 e. The molecule has 1 rings (SSSR count). The van der Waals surface area contributed by atoms with Gasteiger partial charge >= 0.3 is 0 Å². The molecule has 1 aromatic heterocycles. The first kappa shape index (κ1) is 14.0. The highest BCUT2D eigenvalue weighted by atomic mass is 35.5. The van der Waals surface area contributed by atoms with Gasteiger partial charge in [0.05, 0.1) is 11.5 Å². The molecule has 0 amide bonds. The van der Waals surface area contributed by atoms with Crippen LogP contribution in [0.5, 0.6) is 0 Å². The third kappa shape index (κ3) is 3.44. The van der Waals surface area contributed by atoms with Crippen molar-refractivity contribution in [3.8, 4) is 0 Å². The molecule has 1 heterocycles. The monoisotopic (exact) mass is 257 g/mol. The summed E-state index contributed by atoms with van der Waals surface area (Å²) in [7, 11) is 3.83. The Morgan fingerprint density at radius 3 is 2.65 bits per heavy atom. The van der Waals surface area contributed by atoms with Crippen LogP contribution in [0.4, 0.5) is 0 Å². The van der Waals surface area contributed by atoms with Gasteiger partial charge in [-0.05, 0) is 20.9 Å². The van der Waals surface area contributed by atoms with Crippen molar-refractivity contribution in [3.63, 3.8) is 0 Å². The lowest BCUT2D eigenvalue weighted by Gasteiger charge is -2.24. The molecule has 0 saturated heterocycles. The molecule has 96 valence electrons. The molecule has 0 radical (unpaired) electrons. The average molecular weight is 258 g/mol. The van der Waals surface area contributed by atoms with E-state index in [4.69, 9.17) is 22.7 Å². The van der Waals surface area contributed by atoms with Crippen molar-refractivity contribution in [2.75, 3.05) is 7.05 Å². The standard InChI is InChI=1S/C11H20ClN5/c1-7(5-10(13)14)16(3)6-9-8(2)15-17(4)11(9)12/h7H,5-6H2,1-4H3,(H3,13,14). The van der Waals surface area contributed by atoms with E-state index in [2.05, 4.69) is 10.00 Å². The van der Waals surface area contributed by atoms with Crippen molar-refractivity contribution in [3.05, 3.63) is 16.4 Å². The number of halogens is 1. The molecule has 0 aliphatic rings. The van der Waals surface area contributed by atoms with E-state index < -0.39 is 0 Å². The summed E-state index contributed by atoms with van der Waals surface area (Å²) < 4.78 is 1.68. The second-order valence-electron chi connectivity index (χ2n) is 4.47. The number of nitrogens with one attached hydrogen (secondary N) is 1. The minimum Gasteiger partial charge on any atom is -0.388 e. The van der Waals surface area contributed by atoms with Gasteiger partial charge in [-0.1, -0.05) is 11.6 Å². The maximum absolute atomic E-state index is 7.29. The van der Waals surface area contributed by atoms with Crippen molar-refractivity contribution in [2.24, 2.45) is 12.8 Å². The van der Waals surface area contributed by atoms with Gasteiger partial charge in [0.25, 0.3) is 0 Å². The Bertz CT molecular complexity index is 412. The van der Waals surface area contributed by atoms with Gasteiger partial charge < -0.3 is 5.73 Å². The Kier molecular flexibility index (Phi) is 4.54. The van der Waals surface area contributed by atoms with Crippen LogP contribution in [0.1, 0.15) is 24.6 Å². The summed E-state index contributed by atoms with van der Waals surface area (Å²) in [6.07, 6.45) is 0.563. The van der Waals surface area contributed by atoms with Gasteiger partial charge in [0.15, 0.2) is 0 Å². The molecule has 0 saturated carbocycles. The van der Waals surface area contributed by atoms with Gasteiger partial charge in [0.1, 0.15) is 5.15 Å². The zero-order chi connectivity index (χ0) is 13.2. The van der Waals surface area contributed by atoms with Crippen LogP contribution >= 0.6 is 11.6 Å². The predicted molar refractivity (Wildman–Crippen MR) is 70.4 cm³/mol. The predicted octanol–water partition coefficient (Wildman–Crippen LogP) is 1.53. The molecule has 1 unspecified atom stereocenters. The van der Waals surface area contributed by atoms with E-state index in [9.17, 15) is 0 Å². The number of nitrogens with zero attached hydrogens (tertiary/aromatic N) is 3.